The summed E-state index contributed by atoms with van der Waals surface area (Å²) in [7, 11) is 0. The number of hydrogen-bond donors (Lipinski definition) is 2. The van der Waals surface area contributed by atoms with Crippen LogP contribution >= 0.6 is 0 Å². The Morgan fingerprint density at radius 2 is 1.89 bits per heavy atom. The summed E-state index contributed by atoms with van der Waals surface area (Å²) in [5.74, 6) is 0.0361. The second-order valence-corrected chi connectivity index (χ2v) is 8.45. The topological polar surface area (TPSA) is 32.3 Å². The maximum absolute atomic E-state index is 14.3. The molecule has 2 nitrogen and oxygen atoms in total. The second-order valence-electron chi connectivity index (χ2n) is 8.45. The van der Waals surface area contributed by atoms with Crippen molar-refractivity contribution < 1.29 is 18.3 Å². The van der Waals surface area contributed by atoms with Crippen molar-refractivity contribution in [1.29, 1.82) is 0 Å². The van der Waals surface area contributed by atoms with E-state index in [1.54, 1.807) is 0 Å². The molecular weight excluding hydrogens is 363 g/mol. The molecule has 154 valence electrons. The molecule has 3 rings (SSSR count). The standard InChI is InChI=1S/C23H30F3NO/c1-15(13-27-14-23(2,26)10-11-28)18-12-19(18)16-6-3-4-7-17(16)22-20(24)8-5-9-21(22)25/h5-9,15,18-19,27-28H,3-4,10-14H2,1-2H3. The van der Waals surface area contributed by atoms with E-state index >= 15 is 0 Å². The Hall–Kier alpha value is -1.59. The van der Waals surface area contributed by atoms with Gasteiger partial charge >= 0.3 is 0 Å². The number of hydrogen-bond acceptors (Lipinski definition) is 2. The minimum atomic E-state index is -1.42. The van der Waals surface area contributed by atoms with Crippen molar-refractivity contribution in [3.05, 3.63) is 53.1 Å². The maximum atomic E-state index is 14.3. The number of benzene rings is 1. The molecule has 4 atom stereocenters. The van der Waals surface area contributed by atoms with Gasteiger partial charge in [0.2, 0.25) is 0 Å². The smallest absolute Gasteiger partial charge is 0.133 e. The first-order valence-electron chi connectivity index (χ1n) is 10.2. The van der Waals surface area contributed by atoms with Crippen LogP contribution < -0.4 is 5.32 Å². The Morgan fingerprint density at radius 1 is 1.21 bits per heavy atom. The van der Waals surface area contributed by atoms with Crippen molar-refractivity contribution >= 4 is 5.57 Å². The third kappa shape index (κ3) is 4.87. The van der Waals surface area contributed by atoms with Crippen LogP contribution in [0, 0.1) is 29.4 Å². The summed E-state index contributed by atoms with van der Waals surface area (Å²) in [6.45, 7) is 4.37. The summed E-state index contributed by atoms with van der Waals surface area (Å²) in [6, 6.07) is 4.01. The van der Waals surface area contributed by atoms with E-state index in [1.807, 2.05) is 6.08 Å². The normalized spacial score (nSPS) is 24.9. The predicted molar refractivity (Wildman–Crippen MR) is 106 cm³/mol. The van der Waals surface area contributed by atoms with E-state index in [4.69, 9.17) is 5.11 Å². The van der Waals surface area contributed by atoms with Gasteiger partial charge in [-0.15, -0.1) is 0 Å². The van der Waals surface area contributed by atoms with Crippen LogP contribution in [-0.2, 0) is 0 Å². The minimum Gasteiger partial charge on any atom is -0.396 e. The number of halogens is 3. The molecule has 1 saturated carbocycles. The van der Waals surface area contributed by atoms with Gasteiger partial charge in [-0.25, -0.2) is 13.2 Å². The van der Waals surface area contributed by atoms with Crippen LogP contribution in [0.4, 0.5) is 13.2 Å². The molecule has 2 N–H and O–H groups in total. The van der Waals surface area contributed by atoms with Crippen LogP contribution in [0.3, 0.4) is 0 Å². The summed E-state index contributed by atoms with van der Waals surface area (Å²) in [6.07, 6.45) is 6.89. The highest BCUT2D eigenvalue weighted by atomic mass is 19.1. The number of alkyl halides is 1. The molecule has 5 heteroatoms. The van der Waals surface area contributed by atoms with Crippen LogP contribution in [0.15, 0.2) is 35.9 Å². The number of aliphatic hydroxyl groups is 1. The molecule has 0 aromatic heterocycles. The molecule has 2 aliphatic rings. The molecule has 0 amide bonds. The molecule has 0 spiro atoms. The Balaban J connectivity index is 1.62. The fraction of sp³-hybridized carbons (Fsp3) is 0.565. The average Bonchev–Trinajstić information content (AvgIpc) is 3.42. The van der Waals surface area contributed by atoms with Crippen molar-refractivity contribution in [2.75, 3.05) is 19.7 Å². The van der Waals surface area contributed by atoms with Crippen molar-refractivity contribution in [2.24, 2.45) is 17.8 Å². The molecule has 28 heavy (non-hydrogen) atoms. The van der Waals surface area contributed by atoms with E-state index in [-0.39, 0.29) is 25.1 Å². The molecule has 0 aliphatic heterocycles. The van der Waals surface area contributed by atoms with Gasteiger partial charge in [-0.3, -0.25) is 0 Å². The van der Waals surface area contributed by atoms with Crippen molar-refractivity contribution in [1.82, 2.24) is 5.32 Å². The molecule has 1 fully saturated rings. The van der Waals surface area contributed by atoms with Crippen LogP contribution in [0.25, 0.3) is 5.57 Å². The molecule has 0 saturated heterocycles. The van der Waals surface area contributed by atoms with Crippen molar-refractivity contribution in [3.8, 4) is 0 Å². The van der Waals surface area contributed by atoms with Crippen LogP contribution in [0.5, 0.6) is 0 Å². The summed E-state index contributed by atoms with van der Waals surface area (Å²) in [4.78, 5) is 0. The molecule has 0 radical (unpaired) electrons. The van der Waals surface area contributed by atoms with E-state index in [0.717, 1.165) is 24.8 Å². The average molecular weight is 393 g/mol. The van der Waals surface area contributed by atoms with E-state index < -0.39 is 17.3 Å². The lowest BCUT2D eigenvalue weighted by Gasteiger charge is -2.22. The highest BCUT2D eigenvalue weighted by molar-refractivity contribution is 5.81. The van der Waals surface area contributed by atoms with Crippen molar-refractivity contribution in [2.45, 2.75) is 45.2 Å². The first-order valence-corrected chi connectivity index (χ1v) is 10.2. The predicted octanol–water partition coefficient (Wildman–Crippen LogP) is 5.04. The van der Waals surface area contributed by atoms with Gasteiger partial charge in [-0.1, -0.05) is 25.1 Å². The quantitative estimate of drug-likeness (QED) is 0.616. The number of rotatable bonds is 9. The Labute approximate surface area is 165 Å². The van der Waals surface area contributed by atoms with E-state index in [2.05, 4.69) is 18.3 Å². The van der Waals surface area contributed by atoms with Crippen LogP contribution in [-0.4, -0.2) is 30.5 Å². The van der Waals surface area contributed by atoms with Gasteiger partial charge in [0.25, 0.3) is 0 Å². The lowest BCUT2D eigenvalue weighted by atomic mass is 9.86. The zero-order chi connectivity index (χ0) is 20.3. The maximum Gasteiger partial charge on any atom is 0.133 e. The van der Waals surface area contributed by atoms with Gasteiger partial charge in [0.05, 0.1) is 5.56 Å². The third-order valence-corrected chi connectivity index (χ3v) is 5.99. The van der Waals surface area contributed by atoms with Crippen LogP contribution in [0.1, 0.15) is 45.1 Å². The molecule has 0 heterocycles. The van der Waals surface area contributed by atoms with Gasteiger partial charge in [0.15, 0.2) is 0 Å². The lowest BCUT2D eigenvalue weighted by Crippen LogP contribution is -2.37. The summed E-state index contributed by atoms with van der Waals surface area (Å²) in [5, 5.41) is 12.1. The van der Waals surface area contributed by atoms with Gasteiger partial charge in [-0.05, 0) is 73.8 Å². The first-order chi connectivity index (χ1) is 13.3. The highest BCUT2D eigenvalue weighted by Crippen LogP contribution is 2.53. The fourth-order valence-corrected chi connectivity index (χ4v) is 4.28. The second kappa shape index (κ2) is 8.83. The Kier molecular flexibility index (Phi) is 6.66. The third-order valence-electron chi connectivity index (χ3n) is 5.99. The van der Waals surface area contributed by atoms with Gasteiger partial charge in [0, 0.05) is 19.6 Å². The summed E-state index contributed by atoms with van der Waals surface area (Å²) < 4.78 is 42.8. The molecule has 0 bridgehead atoms. The van der Waals surface area contributed by atoms with Crippen molar-refractivity contribution in [3.63, 3.8) is 0 Å². The van der Waals surface area contributed by atoms with Gasteiger partial charge in [0.1, 0.15) is 17.3 Å². The summed E-state index contributed by atoms with van der Waals surface area (Å²) in [5.41, 5.74) is 0.431. The Bertz CT molecular complexity index is 736. The van der Waals surface area contributed by atoms with Crippen LogP contribution in [0.2, 0.25) is 0 Å². The van der Waals surface area contributed by atoms with E-state index in [9.17, 15) is 13.2 Å². The minimum absolute atomic E-state index is 0.0853. The SMILES string of the molecule is CC(CNCC(C)(F)CCO)C1CC1C1=CCCC=C1c1c(F)cccc1F. The highest BCUT2D eigenvalue weighted by Gasteiger charge is 2.44. The Morgan fingerprint density at radius 3 is 2.57 bits per heavy atom. The number of aliphatic hydroxyl groups excluding tert-OH is 1. The summed E-state index contributed by atoms with van der Waals surface area (Å²) >= 11 is 0. The first kappa shape index (κ1) is 21.1. The molecule has 1 aromatic carbocycles. The lowest BCUT2D eigenvalue weighted by molar-refractivity contribution is 0.129. The van der Waals surface area contributed by atoms with E-state index in [0.29, 0.717) is 29.9 Å². The largest absolute Gasteiger partial charge is 0.396 e. The van der Waals surface area contributed by atoms with Gasteiger partial charge in [-0.2, -0.15) is 0 Å². The van der Waals surface area contributed by atoms with Gasteiger partial charge < -0.3 is 10.4 Å². The number of allylic oxidation sites excluding steroid dienone is 4. The molecule has 2 aliphatic carbocycles. The van der Waals surface area contributed by atoms with E-state index in [1.165, 1.54) is 25.1 Å². The zero-order valence-corrected chi connectivity index (χ0v) is 16.6. The number of nitrogens with one attached hydrogen (secondary N) is 1. The zero-order valence-electron chi connectivity index (χ0n) is 16.6. The molecule has 4 unspecified atom stereocenters. The fourth-order valence-electron chi connectivity index (χ4n) is 4.28. The molecular formula is C23H30F3NO. The molecule has 1 aromatic rings. The monoisotopic (exact) mass is 393 g/mol.